The van der Waals surface area contributed by atoms with E-state index in [4.69, 9.17) is 10.5 Å². The van der Waals surface area contributed by atoms with Crippen LogP contribution in [0.3, 0.4) is 0 Å². The third kappa shape index (κ3) is 3.62. The first-order valence-corrected chi connectivity index (χ1v) is 7.52. The van der Waals surface area contributed by atoms with Crippen LogP contribution in [0.15, 0.2) is 18.3 Å². The Hall–Kier alpha value is -1.95. The van der Waals surface area contributed by atoms with Crippen molar-refractivity contribution in [3.63, 3.8) is 0 Å². The Labute approximate surface area is 130 Å². The highest BCUT2D eigenvalue weighted by Gasteiger charge is 2.37. The van der Waals surface area contributed by atoms with Crippen molar-refractivity contribution in [2.75, 3.05) is 20.2 Å². The predicted molar refractivity (Wildman–Crippen MR) is 82.3 cm³/mol. The minimum Gasteiger partial charge on any atom is -0.376 e. The van der Waals surface area contributed by atoms with Gasteiger partial charge in [-0.3, -0.25) is 14.6 Å². The van der Waals surface area contributed by atoms with E-state index in [1.54, 1.807) is 30.3 Å². The topological polar surface area (TPSA) is 85.5 Å². The number of piperidine rings is 1. The van der Waals surface area contributed by atoms with Gasteiger partial charge in [-0.1, -0.05) is 0 Å². The first-order valence-electron chi connectivity index (χ1n) is 7.52. The number of hydrogen-bond donors (Lipinski definition) is 1. The van der Waals surface area contributed by atoms with Gasteiger partial charge in [-0.2, -0.15) is 0 Å². The molecule has 0 aliphatic carbocycles. The van der Waals surface area contributed by atoms with Crippen LogP contribution >= 0.6 is 0 Å². The van der Waals surface area contributed by atoms with E-state index >= 15 is 0 Å². The summed E-state index contributed by atoms with van der Waals surface area (Å²) in [6, 6.07) is 3.55. The molecule has 22 heavy (non-hydrogen) atoms. The van der Waals surface area contributed by atoms with Gasteiger partial charge in [0.05, 0.1) is 11.2 Å². The van der Waals surface area contributed by atoms with Crippen LogP contribution in [0.4, 0.5) is 0 Å². The number of rotatable bonds is 5. The van der Waals surface area contributed by atoms with Crippen molar-refractivity contribution in [3.8, 4) is 0 Å². The fourth-order valence-electron chi connectivity index (χ4n) is 2.98. The Morgan fingerprint density at radius 3 is 2.91 bits per heavy atom. The summed E-state index contributed by atoms with van der Waals surface area (Å²) in [7, 11) is 1.63. The molecule has 1 saturated heterocycles. The SMILES string of the molecule is CO[C@@]1(CCC(N)=O)CCCN(C(=O)c2cccnc2C)C1. The Bertz CT molecular complexity index is 561. The molecule has 2 N–H and O–H groups in total. The maximum atomic E-state index is 12.7. The van der Waals surface area contributed by atoms with Crippen molar-refractivity contribution < 1.29 is 14.3 Å². The summed E-state index contributed by atoms with van der Waals surface area (Å²) >= 11 is 0. The molecule has 2 rings (SSSR count). The highest BCUT2D eigenvalue weighted by Crippen LogP contribution is 2.30. The number of amides is 2. The smallest absolute Gasteiger partial charge is 0.255 e. The average Bonchev–Trinajstić information content (AvgIpc) is 2.53. The largest absolute Gasteiger partial charge is 0.376 e. The summed E-state index contributed by atoms with van der Waals surface area (Å²) in [5, 5.41) is 0. The van der Waals surface area contributed by atoms with Crippen LogP contribution in [-0.4, -0.2) is 47.5 Å². The van der Waals surface area contributed by atoms with Crippen molar-refractivity contribution in [2.45, 2.75) is 38.2 Å². The van der Waals surface area contributed by atoms with Crippen LogP contribution in [0.5, 0.6) is 0 Å². The maximum absolute atomic E-state index is 12.7. The molecule has 0 spiro atoms. The van der Waals surface area contributed by atoms with Gasteiger partial charge < -0.3 is 15.4 Å². The number of ether oxygens (including phenoxy) is 1. The van der Waals surface area contributed by atoms with Gasteiger partial charge in [-0.05, 0) is 38.3 Å². The number of nitrogens with zero attached hydrogens (tertiary/aromatic N) is 2. The fourth-order valence-corrected chi connectivity index (χ4v) is 2.98. The number of aromatic nitrogens is 1. The molecule has 1 atom stereocenters. The Morgan fingerprint density at radius 1 is 1.50 bits per heavy atom. The molecule has 2 amide bonds. The molecule has 1 aromatic heterocycles. The highest BCUT2D eigenvalue weighted by atomic mass is 16.5. The zero-order valence-corrected chi connectivity index (χ0v) is 13.2. The van der Waals surface area contributed by atoms with Gasteiger partial charge in [-0.25, -0.2) is 0 Å². The van der Waals surface area contributed by atoms with Crippen LogP contribution < -0.4 is 5.73 Å². The summed E-state index contributed by atoms with van der Waals surface area (Å²) in [6.07, 6.45) is 4.15. The number of hydrogen-bond acceptors (Lipinski definition) is 4. The van der Waals surface area contributed by atoms with Crippen LogP contribution in [0.2, 0.25) is 0 Å². The number of aryl methyl sites for hydroxylation is 1. The van der Waals surface area contributed by atoms with Gasteiger partial charge in [0.25, 0.3) is 5.91 Å². The van der Waals surface area contributed by atoms with Gasteiger partial charge in [0.1, 0.15) is 0 Å². The van der Waals surface area contributed by atoms with E-state index in [2.05, 4.69) is 4.98 Å². The Kier molecular flexibility index (Phi) is 5.13. The van der Waals surface area contributed by atoms with Gasteiger partial charge in [0.15, 0.2) is 0 Å². The summed E-state index contributed by atoms with van der Waals surface area (Å²) < 4.78 is 5.66. The molecule has 1 aromatic rings. The average molecular weight is 305 g/mol. The molecular weight excluding hydrogens is 282 g/mol. The second-order valence-corrected chi connectivity index (χ2v) is 5.82. The minimum absolute atomic E-state index is 0.0363. The summed E-state index contributed by atoms with van der Waals surface area (Å²) in [5.41, 5.74) is 6.09. The molecule has 2 heterocycles. The second kappa shape index (κ2) is 6.87. The molecule has 0 unspecified atom stereocenters. The first-order chi connectivity index (χ1) is 10.5. The number of primary amides is 1. The zero-order chi connectivity index (χ0) is 16.2. The zero-order valence-electron chi connectivity index (χ0n) is 13.2. The minimum atomic E-state index is -0.487. The van der Waals surface area contributed by atoms with E-state index in [1.165, 1.54) is 0 Å². The number of pyridine rings is 1. The lowest BCUT2D eigenvalue weighted by atomic mass is 9.87. The lowest BCUT2D eigenvalue weighted by Crippen LogP contribution is -2.51. The molecular formula is C16H23N3O3. The van der Waals surface area contributed by atoms with Crippen molar-refractivity contribution in [1.82, 2.24) is 9.88 Å². The van der Waals surface area contributed by atoms with Gasteiger partial charge in [-0.15, -0.1) is 0 Å². The molecule has 6 heteroatoms. The standard InChI is InChI=1S/C16H23N3O3/c1-12-13(5-3-9-18-12)15(21)19-10-4-7-16(11-19,22-2)8-6-14(17)20/h3,5,9H,4,6-8,10-11H2,1-2H3,(H2,17,20)/t16-/m1/s1. The van der Waals surface area contributed by atoms with Crippen molar-refractivity contribution >= 4 is 11.8 Å². The van der Waals surface area contributed by atoms with Gasteiger partial charge >= 0.3 is 0 Å². The van der Waals surface area contributed by atoms with Gasteiger partial charge in [0.2, 0.25) is 5.91 Å². The summed E-state index contributed by atoms with van der Waals surface area (Å²) in [6.45, 7) is 2.99. The predicted octanol–water partition coefficient (Wildman–Crippen LogP) is 1.28. The molecule has 1 aliphatic heterocycles. The monoisotopic (exact) mass is 305 g/mol. The summed E-state index contributed by atoms with van der Waals surface area (Å²) in [5.74, 6) is -0.381. The summed E-state index contributed by atoms with van der Waals surface area (Å²) in [4.78, 5) is 29.7. The molecule has 0 radical (unpaired) electrons. The Morgan fingerprint density at radius 2 is 2.27 bits per heavy atom. The fraction of sp³-hybridized carbons (Fsp3) is 0.562. The van der Waals surface area contributed by atoms with E-state index < -0.39 is 5.60 Å². The van der Waals surface area contributed by atoms with E-state index in [-0.39, 0.29) is 18.2 Å². The quantitative estimate of drug-likeness (QED) is 0.888. The number of likely N-dealkylation sites (tertiary alicyclic amines) is 1. The van der Waals surface area contributed by atoms with Crippen molar-refractivity contribution in [1.29, 1.82) is 0 Å². The third-order valence-corrected chi connectivity index (χ3v) is 4.32. The molecule has 0 saturated carbocycles. The van der Waals surface area contributed by atoms with E-state index in [9.17, 15) is 9.59 Å². The van der Waals surface area contributed by atoms with Crippen LogP contribution in [0.25, 0.3) is 0 Å². The molecule has 0 bridgehead atoms. The van der Waals surface area contributed by atoms with Crippen molar-refractivity contribution in [3.05, 3.63) is 29.6 Å². The van der Waals surface area contributed by atoms with Crippen LogP contribution in [0.1, 0.15) is 41.7 Å². The van der Waals surface area contributed by atoms with Crippen LogP contribution in [0, 0.1) is 6.92 Å². The number of nitrogens with two attached hydrogens (primary N) is 1. The van der Waals surface area contributed by atoms with Gasteiger partial charge in [0, 0.05) is 38.5 Å². The van der Waals surface area contributed by atoms with E-state index in [0.29, 0.717) is 25.1 Å². The molecule has 1 fully saturated rings. The van der Waals surface area contributed by atoms with Crippen LogP contribution in [-0.2, 0) is 9.53 Å². The molecule has 6 nitrogen and oxygen atoms in total. The number of carbonyl (C=O) groups excluding carboxylic acids is 2. The number of methoxy groups -OCH3 is 1. The van der Waals surface area contributed by atoms with Crippen molar-refractivity contribution in [2.24, 2.45) is 5.73 Å². The normalized spacial score (nSPS) is 21.6. The maximum Gasteiger partial charge on any atom is 0.255 e. The third-order valence-electron chi connectivity index (χ3n) is 4.32. The number of carbonyl (C=O) groups is 2. The first kappa shape index (κ1) is 16.4. The Balaban J connectivity index is 2.13. The lowest BCUT2D eigenvalue weighted by Gasteiger charge is -2.42. The molecule has 1 aliphatic rings. The second-order valence-electron chi connectivity index (χ2n) is 5.82. The molecule has 0 aromatic carbocycles. The lowest BCUT2D eigenvalue weighted by molar-refractivity contribution is -0.120. The van der Waals surface area contributed by atoms with E-state index in [0.717, 1.165) is 18.5 Å². The highest BCUT2D eigenvalue weighted by molar-refractivity contribution is 5.95. The van der Waals surface area contributed by atoms with E-state index in [1.807, 2.05) is 6.92 Å². The molecule has 120 valence electrons.